The van der Waals surface area contributed by atoms with Gasteiger partial charge in [-0.25, -0.2) is 4.98 Å². The minimum Gasteiger partial charge on any atom is -0.493 e. The Morgan fingerprint density at radius 3 is 2.48 bits per heavy atom. The monoisotopic (exact) mass is 421 g/mol. The largest absolute Gasteiger partial charge is 0.493 e. The van der Waals surface area contributed by atoms with E-state index in [1.165, 1.54) is 25.3 Å². The molecule has 0 aliphatic heterocycles. The number of benzene rings is 2. The van der Waals surface area contributed by atoms with Gasteiger partial charge >= 0.3 is 6.61 Å². The Hall–Kier alpha value is -3.13. The van der Waals surface area contributed by atoms with Crippen LogP contribution in [0, 0.1) is 0 Å². The Kier molecular flexibility index (Phi) is 6.33. The van der Waals surface area contributed by atoms with Crippen LogP contribution in [0.3, 0.4) is 0 Å². The van der Waals surface area contributed by atoms with E-state index in [1.807, 2.05) is 7.05 Å². The first-order valence-electron chi connectivity index (χ1n) is 8.55. The molecule has 0 fully saturated rings. The second-order valence-corrected chi connectivity index (χ2v) is 6.53. The molecule has 29 heavy (non-hydrogen) atoms. The number of nitrogens with one attached hydrogen (secondary N) is 1. The molecule has 1 aromatic heterocycles. The van der Waals surface area contributed by atoms with Crippen LogP contribution in [-0.4, -0.2) is 29.2 Å². The molecule has 2 aromatic carbocycles. The lowest BCUT2D eigenvalue weighted by molar-refractivity contribution is -0.0512. The minimum atomic E-state index is -3.00. The van der Waals surface area contributed by atoms with Gasteiger partial charge in [0.25, 0.3) is 5.91 Å². The average molecular weight is 422 g/mol. The van der Waals surface area contributed by atoms with Crippen molar-refractivity contribution in [2.24, 2.45) is 7.05 Å². The number of carbonyl (C=O) groups is 1. The molecule has 152 valence electrons. The summed E-state index contributed by atoms with van der Waals surface area (Å²) in [5.74, 6) is 0.0514. The number of amides is 1. The number of nitrogens with zero attached hydrogens (tertiary/aromatic N) is 2. The van der Waals surface area contributed by atoms with Gasteiger partial charge in [-0.15, -0.1) is 0 Å². The summed E-state index contributed by atoms with van der Waals surface area (Å²) in [6.07, 6.45) is 3.40. The highest BCUT2D eigenvalue weighted by Gasteiger charge is 2.22. The highest BCUT2D eigenvalue weighted by molar-refractivity contribution is 6.30. The molecule has 1 N–H and O–H groups in total. The van der Waals surface area contributed by atoms with E-state index in [9.17, 15) is 13.6 Å². The van der Waals surface area contributed by atoms with Crippen LogP contribution in [0.5, 0.6) is 11.5 Å². The van der Waals surface area contributed by atoms with Crippen molar-refractivity contribution in [2.75, 3.05) is 7.11 Å². The van der Waals surface area contributed by atoms with Crippen molar-refractivity contribution >= 4 is 17.5 Å². The van der Waals surface area contributed by atoms with E-state index < -0.39 is 18.6 Å². The van der Waals surface area contributed by atoms with E-state index in [2.05, 4.69) is 15.0 Å². The van der Waals surface area contributed by atoms with Gasteiger partial charge in [-0.2, -0.15) is 8.78 Å². The van der Waals surface area contributed by atoms with Gasteiger partial charge in [0.1, 0.15) is 11.9 Å². The summed E-state index contributed by atoms with van der Waals surface area (Å²) < 4.78 is 36.3. The number of alkyl halides is 2. The highest BCUT2D eigenvalue weighted by Crippen LogP contribution is 2.30. The molecule has 0 aliphatic carbocycles. The van der Waals surface area contributed by atoms with E-state index in [0.29, 0.717) is 10.8 Å². The van der Waals surface area contributed by atoms with Crippen molar-refractivity contribution in [2.45, 2.75) is 12.7 Å². The maximum atomic E-state index is 12.9. The van der Waals surface area contributed by atoms with Crippen molar-refractivity contribution in [1.29, 1.82) is 0 Å². The molecule has 0 unspecified atom stereocenters. The van der Waals surface area contributed by atoms with Gasteiger partial charge in [-0.05, 0) is 35.9 Å². The molecule has 1 amide bonds. The van der Waals surface area contributed by atoms with Crippen LogP contribution in [0.15, 0.2) is 54.9 Å². The van der Waals surface area contributed by atoms with E-state index >= 15 is 0 Å². The second-order valence-electron chi connectivity index (χ2n) is 6.10. The zero-order valence-corrected chi connectivity index (χ0v) is 16.4. The molecule has 3 rings (SSSR count). The number of halogens is 3. The third-order valence-corrected chi connectivity index (χ3v) is 4.49. The summed E-state index contributed by atoms with van der Waals surface area (Å²) in [4.78, 5) is 17.2. The lowest BCUT2D eigenvalue weighted by Crippen LogP contribution is -2.31. The van der Waals surface area contributed by atoms with Crippen molar-refractivity contribution in [3.63, 3.8) is 0 Å². The summed E-state index contributed by atoms with van der Waals surface area (Å²) in [5, 5.41) is 3.48. The van der Waals surface area contributed by atoms with Crippen molar-refractivity contribution in [3.05, 3.63) is 76.8 Å². The Balaban J connectivity index is 1.91. The Morgan fingerprint density at radius 1 is 1.17 bits per heavy atom. The molecule has 0 saturated heterocycles. The van der Waals surface area contributed by atoms with Gasteiger partial charge in [0.05, 0.1) is 7.11 Å². The number of aryl methyl sites for hydroxylation is 1. The van der Waals surface area contributed by atoms with Crippen molar-refractivity contribution < 1.29 is 23.0 Å². The SMILES string of the molecule is COc1cc(C(=O)N[C@@H](c2ccc(Cl)cc2)c2nccn2C)ccc1OC(F)F. The summed E-state index contributed by atoms with van der Waals surface area (Å²) in [5.41, 5.74) is 0.998. The summed E-state index contributed by atoms with van der Waals surface area (Å²) in [6.45, 7) is -3.00. The van der Waals surface area contributed by atoms with Crippen molar-refractivity contribution in [3.8, 4) is 11.5 Å². The molecule has 0 bridgehead atoms. The molecule has 1 atom stereocenters. The van der Waals surface area contributed by atoms with Gasteiger partial charge in [0, 0.05) is 30.0 Å². The van der Waals surface area contributed by atoms with Crippen molar-refractivity contribution in [1.82, 2.24) is 14.9 Å². The quantitative estimate of drug-likeness (QED) is 0.621. The van der Waals surface area contributed by atoms with Crippen LogP contribution in [0.25, 0.3) is 0 Å². The van der Waals surface area contributed by atoms with Gasteiger partial charge in [0.15, 0.2) is 11.5 Å². The lowest BCUT2D eigenvalue weighted by Gasteiger charge is -2.20. The zero-order chi connectivity index (χ0) is 21.0. The fourth-order valence-corrected chi connectivity index (χ4v) is 2.95. The summed E-state index contributed by atoms with van der Waals surface area (Å²) in [6, 6.07) is 10.5. The number of hydrogen-bond donors (Lipinski definition) is 1. The third-order valence-electron chi connectivity index (χ3n) is 4.24. The first kappa shape index (κ1) is 20.6. The Bertz CT molecular complexity index is 993. The van der Waals surface area contributed by atoms with Crippen LogP contribution < -0.4 is 14.8 Å². The molecular weight excluding hydrogens is 404 g/mol. The van der Waals surface area contributed by atoms with Gasteiger partial charge < -0.3 is 19.4 Å². The zero-order valence-electron chi connectivity index (χ0n) is 15.6. The standard InChI is InChI=1S/C20H18ClF2N3O3/c1-26-10-9-24-18(26)17(12-3-6-14(21)7-4-12)25-19(27)13-5-8-15(29-20(22)23)16(11-13)28-2/h3-11,17,20H,1-2H3,(H,25,27)/t17-/m0/s1. The highest BCUT2D eigenvalue weighted by atomic mass is 35.5. The van der Waals surface area contributed by atoms with Gasteiger partial charge in [0.2, 0.25) is 0 Å². The van der Waals surface area contributed by atoms with Gasteiger partial charge in [-0.3, -0.25) is 4.79 Å². The molecule has 0 aliphatic rings. The topological polar surface area (TPSA) is 65.4 Å². The second kappa shape index (κ2) is 8.91. The predicted molar refractivity (Wildman–Crippen MR) is 104 cm³/mol. The maximum Gasteiger partial charge on any atom is 0.387 e. The van der Waals surface area contributed by atoms with E-state index in [-0.39, 0.29) is 17.1 Å². The molecule has 0 spiro atoms. The molecule has 9 heteroatoms. The van der Waals surface area contributed by atoms with Crippen LogP contribution in [0.4, 0.5) is 8.78 Å². The Morgan fingerprint density at radius 2 is 1.90 bits per heavy atom. The average Bonchev–Trinajstić information content (AvgIpc) is 3.12. The lowest BCUT2D eigenvalue weighted by atomic mass is 10.1. The molecule has 3 aromatic rings. The number of hydrogen-bond acceptors (Lipinski definition) is 4. The predicted octanol–water partition coefficient (Wildman–Crippen LogP) is 4.20. The number of ether oxygens (including phenoxy) is 2. The Labute approximate surface area is 171 Å². The maximum absolute atomic E-state index is 12.9. The van der Waals surface area contributed by atoms with Crippen LogP contribution >= 0.6 is 11.6 Å². The van der Waals surface area contributed by atoms with E-state index in [0.717, 1.165) is 5.56 Å². The first-order chi connectivity index (χ1) is 13.9. The fourth-order valence-electron chi connectivity index (χ4n) is 2.82. The molecule has 0 radical (unpaired) electrons. The number of imidazole rings is 1. The number of aromatic nitrogens is 2. The van der Waals surface area contributed by atoms with Crippen LogP contribution in [-0.2, 0) is 7.05 Å². The first-order valence-corrected chi connectivity index (χ1v) is 8.93. The summed E-state index contributed by atoms with van der Waals surface area (Å²) >= 11 is 5.97. The number of rotatable bonds is 7. The smallest absolute Gasteiger partial charge is 0.387 e. The molecular formula is C20H18ClF2N3O3. The van der Waals surface area contributed by atoms with Gasteiger partial charge in [-0.1, -0.05) is 23.7 Å². The molecule has 0 saturated carbocycles. The molecule has 6 nitrogen and oxygen atoms in total. The van der Waals surface area contributed by atoms with Crippen LogP contribution in [0.1, 0.15) is 27.8 Å². The number of carbonyl (C=O) groups excluding carboxylic acids is 1. The third kappa shape index (κ3) is 4.83. The number of methoxy groups -OCH3 is 1. The van der Waals surface area contributed by atoms with E-state index in [4.69, 9.17) is 16.3 Å². The van der Waals surface area contributed by atoms with Crippen LogP contribution in [0.2, 0.25) is 5.02 Å². The normalized spacial score (nSPS) is 11.9. The molecule has 1 heterocycles. The van der Waals surface area contributed by atoms with E-state index in [1.54, 1.807) is 41.2 Å². The summed E-state index contributed by atoms with van der Waals surface area (Å²) in [7, 11) is 3.12. The minimum absolute atomic E-state index is 0.0259. The fraction of sp³-hybridized carbons (Fsp3) is 0.200.